The lowest BCUT2D eigenvalue weighted by atomic mass is 10.2. The highest BCUT2D eigenvalue weighted by molar-refractivity contribution is 5.92. The zero-order chi connectivity index (χ0) is 12.0. The van der Waals surface area contributed by atoms with Gasteiger partial charge in [0.1, 0.15) is 0 Å². The van der Waals surface area contributed by atoms with Crippen LogP contribution in [0.15, 0.2) is 28.9 Å². The monoisotopic (exact) mass is 224 g/mol. The summed E-state index contributed by atoms with van der Waals surface area (Å²) >= 11 is 0. The molecule has 0 spiro atoms. The van der Waals surface area contributed by atoms with Gasteiger partial charge in [0.15, 0.2) is 5.76 Å². The molecule has 1 amide bonds. The molecule has 5 nitrogen and oxygen atoms in total. The molecule has 0 radical (unpaired) electrons. The molecule has 0 aromatic carbocycles. The number of nitrogens with one attached hydrogen (secondary N) is 1. The van der Waals surface area contributed by atoms with Crippen molar-refractivity contribution in [3.05, 3.63) is 35.8 Å². The first kappa shape index (κ1) is 12.5. The van der Waals surface area contributed by atoms with Gasteiger partial charge in [0, 0.05) is 5.56 Å². The minimum absolute atomic E-state index is 0.192. The van der Waals surface area contributed by atoms with Gasteiger partial charge in [0.2, 0.25) is 0 Å². The topological polar surface area (TPSA) is 77.5 Å². The number of nitrogen functional groups attached to an aromatic ring is 1. The van der Waals surface area contributed by atoms with Crippen LogP contribution < -0.4 is 11.3 Å². The van der Waals surface area contributed by atoms with Crippen molar-refractivity contribution in [2.45, 2.75) is 20.0 Å². The summed E-state index contributed by atoms with van der Waals surface area (Å²) in [6.45, 7) is 6.61. The van der Waals surface area contributed by atoms with E-state index in [1.807, 2.05) is 12.3 Å². The molecule has 0 bridgehead atoms. The van der Waals surface area contributed by atoms with Crippen molar-refractivity contribution in [2.75, 3.05) is 6.61 Å². The minimum Gasteiger partial charge on any atom is -0.459 e. The summed E-state index contributed by atoms with van der Waals surface area (Å²) < 4.78 is 10.4. The number of ether oxygens (including phenoxy) is 1. The molecule has 1 aromatic heterocycles. The Labute approximate surface area is 94.2 Å². The first-order valence-electron chi connectivity index (χ1n) is 4.94. The summed E-state index contributed by atoms with van der Waals surface area (Å²) in [6, 6.07) is 1.69. The molecule has 0 saturated carbocycles. The molecule has 0 aliphatic rings. The van der Waals surface area contributed by atoms with Crippen LogP contribution in [0.4, 0.5) is 0 Å². The number of carbonyl (C=O) groups excluding carboxylic acids is 1. The first-order valence-corrected chi connectivity index (χ1v) is 4.94. The number of rotatable bonds is 6. The summed E-state index contributed by atoms with van der Waals surface area (Å²) in [5.74, 6) is 4.75. The average molecular weight is 224 g/mol. The summed E-state index contributed by atoms with van der Waals surface area (Å²) in [7, 11) is 0. The Morgan fingerprint density at radius 2 is 2.44 bits per heavy atom. The maximum absolute atomic E-state index is 11.2. The van der Waals surface area contributed by atoms with Crippen LogP contribution in [0.5, 0.6) is 0 Å². The lowest BCUT2D eigenvalue weighted by molar-refractivity contribution is 0.0909. The van der Waals surface area contributed by atoms with Crippen LogP contribution in [0.1, 0.15) is 29.5 Å². The van der Waals surface area contributed by atoms with Gasteiger partial charge in [-0.15, -0.1) is 6.58 Å². The van der Waals surface area contributed by atoms with E-state index in [0.29, 0.717) is 18.8 Å². The first-order chi connectivity index (χ1) is 7.65. The largest absolute Gasteiger partial charge is 0.459 e. The Morgan fingerprint density at radius 1 is 1.69 bits per heavy atom. The van der Waals surface area contributed by atoms with E-state index in [-0.39, 0.29) is 5.76 Å². The van der Waals surface area contributed by atoms with Crippen molar-refractivity contribution in [2.24, 2.45) is 5.84 Å². The fourth-order valence-electron chi connectivity index (χ4n) is 1.14. The number of amides is 1. The third-order valence-electron chi connectivity index (χ3n) is 2.01. The molecule has 1 rings (SSSR count). The van der Waals surface area contributed by atoms with Crippen LogP contribution in [0.3, 0.4) is 0 Å². The van der Waals surface area contributed by atoms with Crippen LogP contribution in [-0.4, -0.2) is 12.5 Å². The second kappa shape index (κ2) is 6.09. The quantitative estimate of drug-likeness (QED) is 0.251. The second-order valence-electron chi connectivity index (χ2n) is 3.51. The molecule has 16 heavy (non-hydrogen) atoms. The zero-order valence-corrected chi connectivity index (χ0v) is 9.29. The maximum Gasteiger partial charge on any atom is 0.301 e. The van der Waals surface area contributed by atoms with E-state index in [0.717, 1.165) is 12.0 Å². The van der Waals surface area contributed by atoms with Crippen LogP contribution in [0.2, 0.25) is 0 Å². The van der Waals surface area contributed by atoms with E-state index < -0.39 is 5.91 Å². The van der Waals surface area contributed by atoms with Crippen molar-refractivity contribution in [1.82, 2.24) is 5.43 Å². The van der Waals surface area contributed by atoms with Crippen molar-refractivity contribution < 1.29 is 13.9 Å². The Morgan fingerprint density at radius 3 is 3.06 bits per heavy atom. The highest BCUT2D eigenvalue weighted by Crippen LogP contribution is 2.12. The molecular formula is C11H16N2O3. The van der Waals surface area contributed by atoms with E-state index in [1.54, 1.807) is 6.07 Å². The van der Waals surface area contributed by atoms with Crippen molar-refractivity contribution in [1.29, 1.82) is 0 Å². The van der Waals surface area contributed by atoms with Crippen molar-refractivity contribution in [3.8, 4) is 0 Å². The third-order valence-corrected chi connectivity index (χ3v) is 2.01. The summed E-state index contributed by atoms with van der Waals surface area (Å²) in [6.07, 6.45) is 2.23. The summed E-state index contributed by atoms with van der Waals surface area (Å²) in [5, 5.41) is 0. The van der Waals surface area contributed by atoms with Gasteiger partial charge in [-0.05, 0) is 19.4 Å². The number of hydrazine groups is 1. The Bertz CT molecular complexity index is 371. The number of carbonyl (C=O) groups is 1. The van der Waals surface area contributed by atoms with E-state index in [9.17, 15) is 4.79 Å². The molecule has 0 unspecified atom stereocenters. The molecule has 5 heteroatoms. The summed E-state index contributed by atoms with van der Waals surface area (Å²) in [4.78, 5) is 11.2. The molecule has 0 saturated heterocycles. The fraction of sp³-hybridized carbons (Fsp3) is 0.364. The average Bonchev–Trinajstić information content (AvgIpc) is 2.71. The molecule has 0 aliphatic carbocycles. The fourth-order valence-corrected chi connectivity index (χ4v) is 1.14. The molecule has 0 fully saturated rings. The Hall–Kier alpha value is -1.59. The van der Waals surface area contributed by atoms with Crippen LogP contribution in [-0.2, 0) is 11.3 Å². The van der Waals surface area contributed by atoms with Crippen molar-refractivity contribution in [3.63, 3.8) is 0 Å². The van der Waals surface area contributed by atoms with Gasteiger partial charge in [0.05, 0.1) is 19.5 Å². The number of hydrogen-bond donors (Lipinski definition) is 2. The predicted molar refractivity (Wildman–Crippen MR) is 59.4 cm³/mol. The Balaban J connectivity index is 2.45. The number of furan rings is 1. The second-order valence-corrected chi connectivity index (χ2v) is 3.51. The molecular weight excluding hydrogens is 208 g/mol. The van der Waals surface area contributed by atoms with Gasteiger partial charge >= 0.3 is 5.91 Å². The van der Waals surface area contributed by atoms with E-state index >= 15 is 0 Å². The highest BCUT2D eigenvalue weighted by atomic mass is 16.5. The SMILES string of the molecule is C=C(C)CCOCc1ccoc1C(=O)NN. The van der Waals surface area contributed by atoms with E-state index in [4.69, 9.17) is 15.0 Å². The molecule has 88 valence electrons. The normalized spacial score (nSPS) is 10.1. The predicted octanol–water partition coefficient (Wildman–Crippen LogP) is 1.37. The van der Waals surface area contributed by atoms with Gasteiger partial charge < -0.3 is 9.15 Å². The maximum atomic E-state index is 11.2. The van der Waals surface area contributed by atoms with E-state index in [2.05, 4.69) is 6.58 Å². The minimum atomic E-state index is -0.455. The van der Waals surface area contributed by atoms with Gasteiger partial charge in [-0.3, -0.25) is 10.2 Å². The number of nitrogens with two attached hydrogens (primary N) is 1. The van der Waals surface area contributed by atoms with Gasteiger partial charge in [-0.1, -0.05) is 5.57 Å². The molecule has 0 aliphatic heterocycles. The van der Waals surface area contributed by atoms with Crippen LogP contribution >= 0.6 is 0 Å². The van der Waals surface area contributed by atoms with E-state index in [1.165, 1.54) is 6.26 Å². The standard InChI is InChI=1S/C11H16N2O3/c1-8(2)3-5-15-7-9-4-6-16-10(9)11(14)13-12/h4,6H,1,3,5,7,12H2,2H3,(H,13,14). The lowest BCUT2D eigenvalue weighted by Gasteiger charge is -2.03. The van der Waals surface area contributed by atoms with Crippen LogP contribution in [0.25, 0.3) is 0 Å². The van der Waals surface area contributed by atoms with Gasteiger partial charge in [0.25, 0.3) is 0 Å². The molecule has 3 N–H and O–H groups in total. The zero-order valence-electron chi connectivity index (χ0n) is 9.29. The summed E-state index contributed by atoms with van der Waals surface area (Å²) in [5.41, 5.74) is 3.76. The van der Waals surface area contributed by atoms with Gasteiger partial charge in [-0.25, -0.2) is 5.84 Å². The third kappa shape index (κ3) is 3.52. The smallest absolute Gasteiger partial charge is 0.301 e. The van der Waals surface area contributed by atoms with Crippen molar-refractivity contribution >= 4 is 5.91 Å². The number of hydrogen-bond acceptors (Lipinski definition) is 4. The highest BCUT2D eigenvalue weighted by Gasteiger charge is 2.13. The van der Waals surface area contributed by atoms with Crippen LogP contribution in [0, 0.1) is 0 Å². The molecule has 1 heterocycles. The lowest BCUT2D eigenvalue weighted by Crippen LogP contribution is -2.30. The van der Waals surface area contributed by atoms with Gasteiger partial charge in [-0.2, -0.15) is 0 Å². The Kier molecular flexibility index (Phi) is 4.75. The molecule has 0 atom stereocenters. The molecule has 1 aromatic rings.